The number of piperidine rings is 1. The molecule has 18 heavy (non-hydrogen) atoms. The molecular weight excluding hydrogens is 230 g/mol. The lowest BCUT2D eigenvalue weighted by Gasteiger charge is -2.22. The van der Waals surface area contributed by atoms with Gasteiger partial charge in [0.25, 0.3) is 0 Å². The van der Waals surface area contributed by atoms with Crippen molar-refractivity contribution in [1.29, 1.82) is 0 Å². The number of carboxylic acid groups (broad SMARTS) is 1. The molecule has 1 aromatic rings. The van der Waals surface area contributed by atoms with Crippen LogP contribution in [-0.2, 0) is 11.2 Å². The summed E-state index contributed by atoms with van der Waals surface area (Å²) in [5, 5.41) is 12.0. The van der Waals surface area contributed by atoms with Gasteiger partial charge in [-0.05, 0) is 37.1 Å². The van der Waals surface area contributed by atoms with E-state index in [-0.39, 0.29) is 6.42 Å². The number of benzene rings is 1. The van der Waals surface area contributed by atoms with Gasteiger partial charge in [-0.15, -0.1) is 0 Å². The zero-order valence-electron chi connectivity index (χ0n) is 10.4. The summed E-state index contributed by atoms with van der Waals surface area (Å²) in [5.74, 6) is 0.587. The molecule has 1 fully saturated rings. The van der Waals surface area contributed by atoms with E-state index in [4.69, 9.17) is 9.84 Å². The molecule has 1 unspecified atom stereocenters. The smallest absolute Gasteiger partial charge is 0.307 e. The Hall–Kier alpha value is -1.55. The molecule has 2 N–H and O–H groups in total. The van der Waals surface area contributed by atoms with E-state index in [0.717, 1.165) is 31.0 Å². The number of ether oxygens (including phenoxy) is 1. The van der Waals surface area contributed by atoms with Crippen molar-refractivity contribution in [2.45, 2.75) is 19.3 Å². The molecule has 1 atom stereocenters. The molecule has 0 bridgehead atoms. The highest BCUT2D eigenvalue weighted by Gasteiger charge is 2.13. The van der Waals surface area contributed by atoms with Gasteiger partial charge < -0.3 is 15.2 Å². The summed E-state index contributed by atoms with van der Waals surface area (Å²) in [7, 11) is 0. The zero-order chi connectivity index (χ0) is 12.8. The minimum Gasteiger partial charge on any atom is -0.493 e. The van der Waals surface area contributed by atoms with Crippen molar-refractivity contribution in [3.63, 3.8) is 0 Å². The van der Waals surface area contributed by atoms with Crippen LogP contribution in [0.4, 0.5) is 0 Å². The maximum absolute atomic E-state index is 10.5. The summed E-state index contributed by atoms with van der Waals surface area (Å²) in [6, 6.07) is 7.30. The Balaban J connectivity index is 1.80. The number of aliphatic carboxylic acids is 1. The quantitative estimate of drug-likeness (QED) is 0.833. The molecule has 2 rings (SSSR count). The van der Waals surface area contributed by atoms with E-state index in [2.05, 4.69) is 5.32 Å². The molecule has 1 heterocycles. The van der Waals surface area contributed by atoms with Gasteiger partial charge in [-0.25, -0.2) is 0 Å². The summed E-state index contributed by atoms with van der Waals surface area (Å²) >= 11 is 0. The molecule has 1 aliphatic heterocycles. The van der Waals surface area contributed by atoms with E-state index >= 15 is 0 Å². The highest BCUT2D eigenvalue weighted by molar-refractivity contribution is 5.70. The molecular formula is C14H19NO3. The van der Waals surface area contributed by atoms with Crippen LogP contribution >= 0.6 is 0 Å². The first-order valence-electron chi connectivity index (χ1n) is 6.38. The second kappa shape index (κ2) is 6.40. The van der Waals surface area contributed by atoms with Gasteiger partial charge in [0.2, 0.25) is 0 Å². The normalized spacial score (nSPS) is 19.4. The fourth-order valence-electron chi connectivity index (χ4n) is 2.16. The molecule has 4 nitrogen and oxygen atoms in total. The number of carboxylic acids is 1. The van der Waals surface area contributed by atoms with Crippen molar-refractivity contribution < 1.29 is 14.6 Å². The number of hydrogen-bond donors (Lipinski definition) is 2. The average molecular weight is 249 g/mol. The Bertz CT molecular complexity index is 383. The SMILES string of the molecule is O=C(O)Cc1ccc(OCC2CCCNC2)cc1. The first-order valence-corrected chi connectivity index (χ1v) is 6.38. The molecule has 4 heteroatoms. The van der Waals surface area contributed by atoms with Crippen molar-refractivity contribution in [3.8, 4) is 5.75 Å². The Labute approximate surface area is 107 Å². The van der Waals surface area contributed by atoms with Gasteiger partial charge in [-0.1, -0.05) is 12.1 Å². The third kappa shape index (κ3) is 4.04. The van der Waals surface area contributed by atoms with Gasteiger partial charge in [-0.3, -0.25) is 4.79 Å². The van der Waals surface area contributed by atoms with Crippen LogP contribution in [0.25, 0.3) is 0 Å². The van der Waals surface area contributed by atoms with Crippen LogP contribution in [0, 0.1) is 5.92 Å². The van der Waals surface area contributed by atoms with E-state index in [1.807, 2.05) is 24.3 Å². The molecule has 0 aliphatic carbocycles. The molecule has 1 saturated heterocycles. The average Bonchev–Trinajstić information content (AvgIpc) is 2.38. The van der Waals surface area contributed by atoms with Crippen LogP contribution in [-0.4, -0.2) is 30.8 Å². The Morgan fingerprint density at radius 2 is 2.17 bits per heavy atom. The number of hydrogen-bond acceptors (Lipinski definition) is 3. The molecule has 1 aromatic carbocycles. The lowest BCUT2D eigenvalue weighted by molar-refractivity contribution is -0.136. The summed E-state index contributed by atoms with van der Waals surface area (Å²) in [4.78, 5) is 10.5. The fourth-order valence-corrected chi connectivity index (χ4v) is 2.16. The maximum atomic E-state index is 10.5. The van der Waals surface area contributed by atoms with E-state index in [1.54, 1.807) is 0 Å². The standard InChI is InChI=1S/C14H19NO3/c16-14(17)8-11-3-5-13(6-4-11)18-10-12-2-1-7-15-9-12/h3-6,12,15H,1-2,7-10H2,(H,16,17). The summed E-state index contributed by atoms with van der Waals surface area (Å²) in [5.41, 5.74) is 0.800. The third-order valence-corrected chi connectivity index (χ3v) is 3.16. The Morgan fingerprint density at radius 3 is 2.78 bits per heavy atom. The lowest BCUT2D eigenvalue weighted by atomic mass is 10.0. The number of nitrogens with one attached hydrogen (secondary N) is 1. The van der Waals surface area contributed by atoms with Crippen LogP contribution < -0.4 is 10.1 Å². The zero-order valence-corrected chi connectivity index (χ0v) is 10.4. The van der Waals surface area contributed by atoms with Gasteiger partial charge in [0, 0.05) is 12.5 Å². The predicted molar refractivity (Wildman–Crippen MR) is 68.9 cm³/mol. The summed E-state index contributed by atoms with van der Waals surface area (Å²) in [6.07, 6.45) is 2.49. The van der Waals surface area contributed by atoms with E-state index < -0.39 is 5.97 Å². The van der Waals surface area contributed by atoms with Crippen LogP contribution in [0.1, 0.15) is 18.4 Å². The van der Waals surface area contributed by atoms with E-state index in [1.165, 1.54) is 12.8 Å². The highest BCUT2D eigenvalue weighted by atomic mass is 16.5. The van der Waals surface area contributed by atoms with Crippen molar-refractivity contribution in [2.75, 3.05) is 19.7 Å². The molecule has 98 valence electrons. The molecule has 0 spiro atoms. The first kappa shape index (κ1) is 12.9. The van der Waals surface area contributed by atoms with Gasteiger partial charge in [-0.2, -0.15) is 0 Å². The monoisotopic (exact) mass is 249 g/mol. The molecule has 0 saturated carbocycles. The minimum atomic E-state index is -0.808. The second-order valence-electron chi connectivity index (χ2n) is 4.74. The largest absolute Gasteiger partial charge is 0.493 e. The maximum Gasteiger partial charge on any atom is 0.307 e. The Kier molecular flexibility index (Phi) is 4.59. The van der Waals surface area contributed by atoms with Crippen molar-refractivity contribution in [3.05, 3.63) is 29.8 Å². The van der Waals surface area contributed by atoms with Crippen molar-refractivity contribution in [2.24, 2.45) is 5.92 Å². The van der Waals surface area contributed by atoms with Crippen LogP contribution in [0.3, 0.4) is 0 Å². The van der Waals surface area contributed by atoms with Crippen LogP contribution in [0.15, 0.2) is 24.3 Å². The lowest BCUT2D eigenvalue weighted by Crippen LogP contribution is -2.33. The summed E-state index contributed by atoms with van der Waals surface area (Å²) < 4.78 is 5.72. The summed E-state index contributed by atoms with van der Waals surface area (Å²) in [6.45, 7) is 2.86. The minimum absolute atomic E-state index is 0.0623. The van der Waals surface area contributed by atoms with E-state index in [9.17, 15) is 4.79 Å². The van der Waals surface area contributed by atoms with Gasteiger partial charge in [0.05, 0.1) is 13.0 Å². The fraction of sp³-hybridized carbons (Fsp3) is 0.500. The third-order valence-electron chi connectivity index (χ3n) is 3.16. The Morgan fingerprint density at radius 1 is 1.39 bits per heavy atom. The number of rotatable bonds is 5. The number of carbonyl (C=O) groups is 1. The molecule has 0 amide bonds. The van der Waals surface area contributed by atoms with Gasteiger partial charge >= 0.3 is 5.97 Å². The molecule has 1 aliphatic rings. The van der Waals surface area contributed by atoms with E-state index in [0.29, 0.717) is 5.92 Å². The molecule has 0 radical (unpaired) electrons. The second-order valence-corrected chi connectivity index (χ2v) is 4.74. The van der Waals surface area contributed by atoms with Crippen LogP contribution in [0.5, 0.6) is 5.75 Å². The topological polar surface area (TPSA) is 58.6 Å². The van der Waals surface area contributed by atoms with Crippen LogP contribution in [0.2, 0.25) is 0 Å². The van der Waals surface area contributed by atoms with Gasteiger partial charge in [0.1, 0.15) is 5.75 Å². The van der Waals surface area contributed by atoms with Gasteiger partial charge in [0.15, 0.2) is 0 Å². The highest BCUT2D eigenvalue weighted by Crippen LogP contribution is 2.16. The first-order chi connectivity index (χ1) is 8.74. The van der Waals surface area contributed by atoms with Crippen molar-refractivity contribution in [1.82, 2.24) is 5.32 Å². The predicted octanol–water partition coefficient (Wildman–Crippen LogP) is 1.69. The molecule has 0 aromatic heterocycles. The van der Waals surface area contributed by atoms with Crippen molar-refractivity contribution >= 4 is 5.97 Å².